The van der Waals surface area contributed by atoms with E-state index in [0.29, 0.717) is 24.4 Å². The zero-order chi connectivity index (χ0) is 27.6. The summed E-state index contributed by atoms with van der Waals surface area (Å²) in [5.74, 6) is 0.245. The van der Waals surface area contributed by atoms with Crippen molar-refractivity contribution in [1.82, 2.24) is 10.2 Å². The Kier molecular flexibility index (Phi) is 11.4. The number of anilines is 1. The van der Waals surface area contributed by atoms with E-state index in [4.69, 9.17) is 4.74 Å². The van der Waals surface area contributed by atoms with Crippen LogP contribution in [0.25, 0.3) is 0 Å². The van der Waals surface area contributed by atoms with Crippen molar-refractivity contribution in [2.24, 2.45) is 0 Å². The maximum Gasteiger partial charge on any atom is 0.242 e. The van der Waals surface area contributed by atoms with Crippen molar-refractivity contribution in [3.8, 4) is 5.75 Å². The molecule has 1 unspecified atom stereocenters. The van der Waals surface area contributed by atoms with Crippen LogP contribution in [0.4, 0.5) is 5.69 Å². The first kappa shape index (κ1) is 30.2. The largest absolute Gasteiger partial charge is 0.497 e. The van der Waals surface area contributed by atoms with Gasteiger partial charge < -0.3 is 15.0 Å². The van der Waals surface area contributed by atoms with Gasteiger partial charge in [-0.05, 0) is 74.6 Å². The van der Waals surface area contributed by atoms with Crippen LogP contribution in [0.5, 0.6) is 5.75 Å². The Morgan fingerprint density at radius 3 is 2.41 bits per heavy atom. The highest BCUT2D eigenvalue weighted by molar-refractivity contribution is 7.92. The molecule has 0 aliphatic carbocycles. The number of nitrogens with zero attached hydrogens (tertiary/aromatic N) is 2. The van der Waals surface area contributed by atoms with Gasteiger partial charge in [-0.15, -0.1) is 0 Å². The maximum absolute atomic E-state index is 13.4. The van der Waals surface area contributed by atoms with E-state index in [9.17, 15) is 18.0 Å². The lowest BCUT2D eigenvalue weighted by Gasteiger charge is -2.29. The topological polar surface area (TPSA) is 96.0 Å². The number of sulfonamides is 1. The van der Waals surface area contributed by atoms with E-state index >= 15 is 0 Å². The lowest BCUT2D eigenvalue weighted by atomic mass is 10.1. The molecule has 204 valence electrons. The Labute approximate surface area is 222 Å². The number of unbranched alkanes of at least 4 members (excludes halogenated alkanes) is 1. The minimum absolute atomic E-state index is 0.105. The fraction of sp³-hybridized carbons (Fsp3) is 0.500. The molecule has 37 heavy (non-hydrogen) atoms. The molecule has 0 aliphatic rings. The first-order chi connectivity index (χ1) is 17.5. The molecule has 2 amide bonds. The minimum Gasteiger partial charge on any atom is -0.497 e. The molecule has 2 rings (SSSR count). The number of rotatable bonds is 14. The predicted octanol–water partition coefficient (Wildman–Crippen LogP) is 4.19. The van der Waals surface area contributed by atoms with Gasteiger partial charge in [0.05, 0.1) is 19.1 Å². The highest BCUT2D eigenvalue weighted by Crippen LogP contribution is 2.22. The average molecular weight is 532 g/mol. The zero-order valence-electron chi connectivity index (χ0n) is 22.9. The normalized spacial score (nSPS) is 12.1. The molecule has 9 heteroatoms. The van der Waals surface area contributed by atoms with Crippen LogP contribution in [0.2, 0.25) is 0 Å². The molecule has 8 nitrogen and oxygen atoms in total. The summed E-state index contributed by atoms with van der Waals surface area (Å²) in [6.07, 6.45) is 3.41. The van der Waals surface area contributed by atoms with Gasteiger partial charge in [-0.2, -0.15) is 0 Å². The fourth-order valence-electron chi connectivity index (χ4n) is 3.97. The second-order valence-corrected chi connectivity index (χ2v) is 11.3. The molecule has 0 saturated heterocycles. The molecule has 0 bridgehead atoms. The number of nitrogens with one attached hydrogen (secondary N) is 1. The van der Waals surface area contributed by atoms with Crippen LogP contribution >= 0.6 is 0 Å². The first-order valence-corrected chi connectivity index (χ1v) is 14.6. The number of methoxy groups -OCH3 is 1. The second-order valence-electron chi connectivity index (χ2n) is 9.40. The number of hydrogen-bond acceptors (Lipinski definition) is 5. The van der Waals surface area contributed by atoms with Crippen LogP contribution in [0.1, 0.15) is 56.2 Å². The van der Waals surface area contributed by atoms with E-state index < -0.39 is 16.1 Å². The molecule has 1 atom stereocenters. The van der Waals surface area contributed by atoms with Gasteiger partial charge in [0.2, 0.25) is 21.8 Å². The van der Waals surface area contributed by atoms with Gasteiger partial charge in [0.1, 0.15) is 11.8 Å². The Morgan fingerprint density at radius 2 is 1.78 bits per heavy atom. The Hall–Kier alpha value is -3.07. The lowest BCUT2D eigenvalue weighted by molar-refractivity contribution is -0.140. The number of hydrogen-bond donors (Lipinski definition) is 1. The highest BCUT2D eigenvalue weighted by atomic mass is 32.2. The van der Waals surface area contributed by atoms with Crippen molar-refractivity contribution in [1.29, 1.82) is 0 Å². The molecule has 2 aromatic carbocycles. The molecular weight excluding hydrogens is 490 g/mol. The number of carbonyl (C=O) groups is 2. The predicted molar refractivity (Wildman–Crippen MR) is 148 cm³/mol. The van der Waals surface area contributed by atoms with Crippen molar-refractivity contribution < 1.29 is 22.7 Å². The number of amides is 2. The van der Waals surface area contributed by atoms with Crippen LogP contribution in [0, 0.1) is 13.8 Å². The number of carbonyl (C=O) groups excluding carboxylic acids is 2. The summed E-state index contributed by atoms with van der Waals surface area (Å²) in [6, 6.07) is 12.2. The molecule has 0 aromatic heterocycles. The quantitative estimate of drug-likeness (QED) is 0.369. The average Bonchev–Trinajstić information content (AvgIpc) is 2.85. The van der Waals surface area contributed by atoms with Gasteiger partial charge >= 0.3 is 0 Å². The Balaban J connectivity index is 2.18. The number of ether oxygens (including phenoxy) is 1. The van der Waals surface area contributed by atoms with Gasteiger partial charge in [0, 0.05) is 26.1 Å². The van der Waals surface area contributed by atoms with Crippen LogP contribution in [0.3, 0.4) is 0 Å². The molecule has 0 fully saturated rings. The summed E-state index contributed by atoms with van der Waals surface area (Å²) in [5, 5.41) is 2.91. The summed E-state index contributed by atoms with van der Waals surface area (Å²) < 4.78 is 31.7. The van der Waals surface area contributed by atoms with E-state index in [1.165, 1.54) is 10.6 Å². The number of aryl methyl sites for hydroxylation is 2. The van der Waals surface area contributed by atoms with Gasteiger partial charge in [0.15, 0.2) is 0 Å². The third kappa shape index (κ3) is 9.07. The second kappa shape index (κ2) is 14.0. The van der Waals surface area contributed by atoms with Crippen molar-refractivity contribution >= 4 is 27.5 Å². The third-order valence-corrected chi connectivity index (χ3v) is 7.61. The minimum atomic E-state index is -3.53. The molecule has 0 saturated carbocycles. The van der Waals surface area contributed by atoms with E-state index in [-0.39, 0.29) is 31.3 Å². The summed E-state index contributed by atoms with van der Waals surface area (Å²) in [5.41, 5.74) is 3.49. The summed E-state index contributed by atoms with van der Waals surface area (Å²) in [7, 11) is -1.96. The van der Waals surface area contributed by atoms with E-state index in [1.54, 1.807) is 25.0 Å². The molecule has 2 aromatic rings. The monoisotopic (exact) mass is 531 g/mol. The maximum atomic E-state index is 13.4. The van der Waals surface area contributed by atoms with E-state index in [2.05, 4.69) is 5.32 Å². The van der Waals surface area contributed by atoms with Crippen LogP contribution in [-0.4, -0.2) is 57.6 Å². The fourth-order valence-corrected chi connectivity index (χ4v) is 4.93. The van der Waals surface area contributed by atoms with Gasteiger partial charge in [0.25, 0.3) is 0 Å². The standard InChI is InChI=1S/C28H41N3O5S/c1-7-8-16-29-28(33)23(4)30(20-24-11-9-12-26(19-24)36-5)27(32)13-10-17-31(37(6,34)35)25-15-14-21(2)22(3)18-25/h9,11-12,14-15,18-19,23H,7-8,10,13,16-17,20H2,1-6H3,(H,29,33). The summed E-state index contributed by atoms with van der Waals surface area (Å²) >= 11 is 0. The van der Waals surface area contributed by atoms with Crippen LogP contribution < -0.4 is 14.4 Å². The number of benzene rings is 2. The summed E-state index contributed by atoms with van der Waals surface area (Å²) in [4.78, 5) is 27.8. The van der Waals surface area contributed by atoms with Crippen LogP contribution in [-0.2, 0) is 26.2 Å². The smallest absolute Gasteiger partial charge is 0.242 e. The zero-order valence-corrected chi connectivity index (χ0v) is 23.7. The van der Waals surface area contributed by atoms with Crippen molar-refractivity contribution in [2.45, 2.75) is 66.0 Å². The first-order valence-electron chi connectivity index (χ1n) is 12.7. The molecule has 0 aliphatic heterocycles. The van der Waals surface area contributed by atoms with Crippen molar-refractivity contribution in [3.63, 3.8) is 0 Å². The molecular formula is C28H41N3O5S. The molecule has 0 spiro atoms. The van der Waals surface area contributed by atoms with Crippen molar-refractivity contribution in [2.75, 3.05) is 30.8 Å². The molecule has 1 N–H and O–H groups in total. The van der Waals surface area contributed by atoms with E-state index in [1.807, 2.05) is 57.2 Å². The van der Waals surface area contributed by atoms with E-state index in [0.717, 1.165) is 29.5 Å². The van der Waals surface area contributed by atoms with Gasteiger partial charge in [-0.25, -0.2) is 8.42 Å². The van der Waals surface area contributed by atoms with Crippen molar-refractivity contribution in [3.05, 3.63) is 59.2 Å². The lowest BCUT2D eigenvalue weighted by Crippen LogP contribution is -2.48. The van der Waals surface area contributed by atoms with Gasteiger partial charge in [-0.1, -0.05) is 31.5 Å². The SMILES string of the molecule is CCCCNC(=O)C(C)N(Cc1cccc(OC)c1)C(=O)CCCN(c1ccc(C)c(C)c1)S(C)(=O)=O. The Bertz CT molecular complexity index is 1170. The third-order valence-electron chi connectivity index (χ3n) is 6.41. The highest BCUT2D eigenvalue weighted by Gasteiger charge is 2.26. The Morgan fingerprint density at radius 1 is 1.05 bits per heavy atom. The summed E-state index contributed by atoms with van der Waals surface area (Å²) in [6.45, 7) is 8.64. The van der Waals surface area contributed by atoms with Crippen LogP contribution in [0.15, 0.2) is 42.5 Å². The molecule has 0 heterocycles. The van der Waals surface area contributed by atoms with Gasteiger partial charge in [-0.3, -0.25) is 13.9 Å². The molecule has 0 radical (unpaired) electrons.